The zero-order chi connectivity index (χ0) is 12.6. The number of likely N-dealkylation sites (tertiary alicyclic amines) is 1. The average Bonchev–Trinajstić information content (AvgIpc) is 2.91. The Balaban J connectivity index is 1.52. The zero-order valence-corrected chi connectivity index (χ0v) is 11.8. The minimum absolute atomic E-state index is 0.843. The molecule has 0 aromatic rings. The monoisotopic (exact) mass is 254 g/mol. The van der Waals surface area contributed by atoms with E-state index in [2.05, 4.69) is 14.7 Å². The molecular formula is C14H30N4. The number of piperazine rings is 1. The second-order valence-electron chi connectivity index (χ2n) is 5.73. The first kappa shape index (κ1) is 14.3. The summed E-state index contributed by atoms with van der Waals surface area (Å²) in [4.78, 5) is 7.85. The molecule has 0 radical (unpaired) electrons. The van der Waals surface area contributed by atoms with Crippen molar-refractivity contribution in [3.8, 4) is 0 Å². The molecule has 2 saturated heterocycles. The predicted molar refractivity (Wildman–Crippen MR) is 76.8 cm³/mol. The van der Waals surface area contributed by atoms with Gasteiger partial charge in [-0.25, -0.2) is 0 Å². The molecule has 2 aliphatic heterocycles. The van der Waals surface area contributed by atoms with Crippen molar-refractivity contribution in [3.63, 3.8) is 0 Å². The molecule has 2 rings (SSSR count). The summed E-state index contributed by atoms with van der Waals surface area (Å²) in [5, 5.41) is 0. The summed E-state index contributed by atoms with van der Waals surface area (Å²) in [6.45, 7) is 12.3. The Bertz CT molecular complexity index is 208. The molecule has 0 aromatic heterocycles. The fourth-order valence-electron chi connectivity index (χ4n) is 3.01. The summed E-state index contributed by atoms with van der Waals surface area (Å²) >= 11 is 0. The van der Waals surface area contributed by atoms with E-state index in [0.717, 1.165) is 6.54 Å². The number of hydrogen-bond donors (Lipinski definition) is 1. The van der Waals surface area contributed by atoms with Gasteiger partial charge in [-0.15, -0.1) is 0 Å². The van der Waals surface area contributed by atoms with E-state index in [-0.39, 0.29) is 0 Å². The van der Waals surface area contributed by atoms with Crippen molar-refractivity contribution in [2.45, 2.75) is 25.7 Å². The van der Waals surface area contributed by atoms with Crippen LogP contribution in [0.5, 0.6) is 0 Å². The highest BCUT2D eigenvalue weighted by Gasteiger charge is 2.18. The topological polar surface area (TPSA) is 35.7 Å². The molecule has 2 N–H and O–H groups in total. The van der Waals surface area contributed by atoms with E-state index in [0.29, 0.717) is 0 Å². The van der Waals surface area contributed by atoms with Gasteiger partial charge in [0.05, 0.1) is 0 Å². The SMILES string of the molecule is NCCCCN1CCN(CCN2CCCC2)CC1. The van der Waals surface area contributed by atoms with Gasteiger partial charge in [-0.1, -0.05) is 0 Å². The van der Waals surface area contributed by atoms with Crippen LogP contribution < -0.4 is 5.73 Å². The smallest absolute Gasteiger partial charge is 0.0110 e. The maximum Gasteiger partial charge on any atom is 0.0110 e. The number of rotatable bonds is 7. The fourth-order valence-corrected chi connectivity index (χ4v) is 3.01. The van der Waals surface area contributed by atoms with E-state index < -0.39 is 0 Å². The summed E-state index contributed by atoms with van der Waals surface area (Å²) in [7, 11) is 0. The van der Waals surface area contributed by atoms with Crippen LogP contribution in [0.4, 0.5) is 0 Å². The van der Waals surface area contributed by atoms with Gasteiger partial charge in [0.2, 0.25) is 0 Å². The summed E-state index contributed by atoms with van der Waals surface area (Å²) in [6, 6.07) is 0. The van der Waals surface area contributed by atoms with E-state index >= 15 is 0 Å². The Morgan fingerprint density at radius 3 is 1.67 bits per heavy atom. The molecule has 2 fully saturated rings. The lowest BCUT2D eigenvalue weighted by Crippen LogP contribution is -2.48. The Kier molecular flexibility index (Phi) is 6.41. The van der Waals surface area contributed by atoms with Gasteiger partial charge in [0, 0.05) is 39.3 Å². The lowest BCUT2D eigenvalue weighted by molar-refractivity contribution is 0.121. The Labute approximate surface area is 112 Å². The maximum absolute atomic E-state index is 5.53. The van der Waals surface area contributed by atoms with E-state index in [9.17, 15) is 0 Å². The standard InChI is InChI=1S/C14H30N4/c15-5-1-2-6-17-10-13-18(14-11-17)12-9-16-7-3-4-8-16/h1-15H2. The normalized spacial score (nSPS) is 23.8. The first-order chi connectivity index (χ1) is 8.88. The number of nitrogens with zero attached hydrogens (tertiary/aromatic N) is 3. The molecular weight excluding hydrogens is 224 g/mol. The summed E-state index contributed by atoms with van der Waals surface area (Å²) in [5.74, 6) is 0. The van der Waals surface area contributed by atoms with Crippen LogP contribution in [0, 0.1) is 0 Å². The molecule has 0 spiro atoms. The molecule has 4 heteroatoms. The van der Waals surface area contributed by atoms with Crippen molar-refractivity contribution in [3.05, 3.63) is 0 Å². The van der Waals surface area contributed by atoms with Crippen LogP contribution in [0.3, 0.4) is 0 Å². The van der Waals surface area contributed by atoms with Crippen molar-refractivity contribution in [2.75, 3.05) is 65.4 Å². The third-order valence-electron chi connectivity index (χ3n) is 4.32. The maximum atomic E-state index is 5.53. The predicted octanol–water partition coefficient (Wildman–Crippen LogP) is 0.439. The van der Waals surface area contributed by atoms with Crippen LogP contribution in [0.2, 0.25) is 0 Å². The molecule has 0 aliphatic carbocycles. The van der Waals surface area contributed by atoms with E-state index in [4.69, 9.17) is 5.73 Å². The second-order valence-corrected chi connectivity index (χ2v) is 5.73. The lowest BCUT2D eigenvalue weighted by Gasteiger charge is -2.35. The highest BCUT2D eigenvalue weighted by molar-refractivity contribution is 4.74. The van der Waals surface area contributed by atoms with Crippen molar-refractivity contribution >= 4 is 0 Å². The summed E-state index contributed by atoms with van der Waals surface area (Å²) in [6.07, 6.45) is 5.27. The van der Waals surface area contributed by atoms with Crippen molar-refractivity contribution in [1.82, 2.24) is 14.7 Å². The van der Waals surface area contributed by atoms with Gasteiger partial charge in [-0.2, -0.15) is 0 Å². The molecule has 18 heavy (non-hydrogen) atoms. The van der Waals surface area contributed by atoms with Gasteiger partial charge in [-0.05, 0) is 51.9 Å². The number of unbranched alkanes of at least 4 members (excludes halogenated alkanes) is 1. The highest BCUT2D eigenvalue weighted by atomic mass is 15.3. The number of hydrogen-bond acceptors (Lipinski definition) is 4. The zero-order valence-electron chi connectivity index (χ0n) is 11.8. The molecule has 0 saturated carbocycles. The first-order valence-corrected chi connectivity index (χ1v) is 7.75. The van der Waals surface area contributed by atoms with Crippen LogP contribution in [0.1, 0.15) is 25.7 Å². The van der Waals surface area contributed by atoms with Gasteiger partial charge < -0.3 is 15.5 Å². The van der Waals surface area contributed by atoms with Crippen molar-refractivity contribution in [1.29, 1.82) is 0 Å². The van der Waals surface area contributed by atoms with Crippen LogP contribution in [0.25, 0.3) is 0 Å². The quantitative estimate of drug-likeness (QED) is 0.669. The van der Waals surface area contributed by atoms with Gasteiger partial charge in [0.25, 0.3) is 0 Å². The average molecular weight is 254 g/mol. The van der Waals surface area contributed by atoms with Crippen LogP contribution in [-0.4, -0.2) is 80.1 Å². The molecule has 0 amide bonds. The molecule has 106 valence electrons. The first-order valence-electron chi connectivity index (χ1n) is 7.75. The Morgan fingerprint density at radius 1 is 0.611 bits per heavy atom. The highest BCUT2D eigenvalue weighted by Crippen LogP contribution is 2.08. The van der Waals surface area contributed by atoms with Crippen LogP contribution in [0.15, 0.2) is 0 Å². The van der Waals surface area contributed by atoms with Gasteiger partial charge in [0.1, 0.15) is 0 Å². The molecule has 2 aliphatic rings. The largest absolute Gasteiger partial charge is 0.330 e. The third kappa shape index (κ3) is 4.84. The molecule has 0 aromatic carbocycles. The van der Waals surface area contributed by atoms with E-state index in [1.165, 1.54) is 84.6 Å². The fraction of sp³-hybridized carbons (Fsp3) is 1.00. The van der Waals surface area contributed by atoms with Gasteiger partial charge >= 0.3 is 0 Å². The summed E-state index contributed by atoms with van der Waals surface area (Å²) < 4.78 is 0. The molecule has 0 bridgehead atoms. The summed E-state index contributed by atoms with van der Waals surface area (Å²) in [5.41, 5.74) is 5.53. The minimum atomic E-state index is 0.843. The second kappa shape index (κ2) is 8.10. The van der Waals surface area contributed by atoms with Crippen LogP contribution >= 0.6 is 0 Å². The molecule has 0 atom stereocenters. The minimum Gasteiger partial charge on any atom is -0.330 e. The Morgan fingerprint density at radius 2 is 1.11 bits per heavy atom. The van der Waals surface area contributed by atoms with E-state index in [1.807, 2.05) is 0 Å². The lowest BCUT2D eigenvalue weighted by atomic mass is 10.2. The van der Waals surface area contributed by atoms with Gasteiger partial charge in [-0.3, -0.25) is 4.90 Å². The van der Waals surface area contributed by atoms with Crippen molar-refractivity contribution in [2.24, 2.45) is 5.73 Å². The van der Waals surface area contributed by atoms with Crippen LogP contribution in [-0.2, 0) is 0 Å². The van der Waals surface area contributed by atoms with E-state index in [1.54, 1.807) is 0 Å². The Hall–Kier alpha value is -0.160. The molecule has 2 heterocycles. The third-order valence-corrected chi connectivity index (χ3v) is 4.32. The van der Waals surface area contributed by atoms with Gasteiger partial charge in [0.15, 0.2) is 0 Å². The molecule has 4 nitrogen and oxygen atoms in total. The van der Waals surface area contributed by atoms with Crippen molar-refractivity contribution < 1.29 is 0 Å². The number of nitrogens with two attached hydrogens (primary N) is 1. The molecule has 0 unspecified atom stereocenters.